The van der Waals surface area contributed by atoms with Gasteiger partial charge in [0.15, 0.2) is 0 Å². The minimum Gasteiger partial charge on any atom is -0.304 e. The number of hydrogen-bond acceptors (Lipinski definition) is 1. The van der Waals surface area contributed by atoms with Gasteiger partial charge in [-0.25, -0.2) is 4.39 Å². The lowest BCUT2D eigenvalue weighted by atomic mass is 9.75. The Hall–Kier alpha value is -0.110. The molecular weight excluding hydrogens is 153 g/mol. The van der Waals surface area contributed by atoms with Gasteiger partial charge in [0, 0.05) is 11.1 Å². The highest BCUT2D eigenvalue weighted by atomic mass is 19.1. The maximum absolute atomic E-state index is 13.6. The quantitative estimate of drug-likeness (QED) is 0.593. The Morgan fingerprint density at radius 2 is 1.75 bits per heavy atom. The fourth-order valence-corrected chi connectivity index (χ4v) is 2.61. The van der Waals surface area contributed by atoms with Crippen molar-refractivity contribution in [1.82, 2.24) is 5.32 Å². The first-order valence-electron chi connectivity index (χ1n) is 4.68. The van der Waals surface area contributed by atoms with Crippen LogP contribution in [0, 0.1) is 5.92 Å². The highest BCUT2D eigenvalue weighted by Crippen LogP contribution is 2.34. The third kappa shape index (κ3) is 1.79. The highest BCUT2D eigenvalue weighted by Gasteiger charge is 2.43. The molecule has 2 atom stereocenters. The zero-order valence-electron chi connectivity index (χ0n) is 8.74. The molecule has 0 bridgehead atoms. The van der Waals surface area contributed by atoms with E-state index in [4.69, 9.17) is 0 Å². The molecule has 0 unspecified atom stereocenters. The molecule has 12 heavy (non-hydrogen) atoms. The van der Waals surface area contributed by atoms with E-state index in [0.717, 1.165) is 6.42 Å². The Bertz CT molecular complexity index is 175. The van der Waals surface area contributed by atoms with Crippen molar-refractivity contribution in [2.24, 2.45) is 5.92 Å². The van der Waals surface area contributed by atoms with E-state index in [1.807, 2.05) is 20.8 Å². The van der Waals surface area contributed by atoms with Gasteiger partial charge in [-0.05, 0) is 40.0 Å². The largest absolute Gasteiger partial charge is 0.304 e. The molecule has 1 heterocycles. The van der Waals surface area contributed by atoms with Crippen LogP contribution < -0.4 is 5.32 Å². The molecule has 1 saturated heterocycles. The summed E-state index contributed by atoms with van der Waals surface area (Å²) in [6, 6.07) is 0. The van der Waals surface area contributed by atoms with E-state index in [9.17, 15) is 4.39 Å². The van der Waals surface area contributed by atoms with Crippen molar-refractivity contribution < 1.29 is 4.39 Å². The van der Waals surface area contributed by atoms with Gasteiger partial charge in [-0.15, -0.1) is 0 Å². The molecule has 0 amide bonds. The molecule has 0 aromatic carbocycles. The second-order valence-electron chi connectivity index (χ2n) is 5.31. The van der Waals surface area contributed by atoms with Crippen molar-refractivity contribution in [2.45, 2.75) is 58.3 Å². The van der Waals surface area contributed by atoms with Gasteiger partial charge in [0.05, 0.1) is 0 Å². The Kier molecular flexibility index (Phi) is 2.24. The van der Waals surface area contributed by atoms with Gasteiger partial charge in [0.25, 0.3) is 0 Å². The molecule has 1 N–H and O–H groups in total. The van der Waals surface area contributed by atoms with Crippen molar-refractivity contribution in [2.75, 3.05) is 0 Å². The highest BCUT2D eigenvalue weighted by molar-refractivity contribution is 5.01. The molecule has 0 aromatic heterocycles. The van der Waals surface area contributed by atoms with Crippen LogP contribution in [0.3, 0.4) is 0 Å². The van der Waals surface area contributed by atoms with Crippen LogP contribution in [0.4, 0.5) is 4.39 Å². The number of nitrogens with one attached hydrogen (secondary N) is 1. The van der Waals surface area contributed by atoms with Gasteiger partial charge in [0.2, 0.25) is 0 Å². The van der Waals surface area contributed by atoms with E-state index in [0.29, 0.717) is 0 Å². The summed E-state index contributed by atoms with van der Waals surface area (Å²) in [6.45, 7) is 10.1. The van der Waals surface area contributed by atoms with Crippen LogP contribution in [-0.2, 0) is 0 Å². The molecule has 0 saturated carbocycles. The summed E-state index contributed by atoms with van der Waals surface area (Å²) in [7, 11) is 0. The fourth-order valence-electron chi connectivity index (χ4n) is 2.61. The maximum atomic E-state index is 13.6. The smallest absolute Gasteiger partial charge is 0.120 e. The molecule has 1 aliphatic rings. The molecule has 1 aliphatic heterocycles. The molecule has 2 heteroatoms. The average Bonchev–Trinajstić information content (AvgIpc) is 1.79. The standard InChI is InChI=1S/C10H20FN/c1-7-6-9(2,3)12-10(4,5)8(7)11/h7-8,12H,6H2,1-5H3/t7-,8-/m1/s1. The van der Waals surface area contributed by atoms with E-state index in [2.05, 4.69) is 19.2 Å². The van der Waals surface area contributed by atoms with E-state index in [-0.39, 0.29) is 17.0 Å². The van der Waals surface area contributed by atoms with Crippen molar-refractivity contribution in [3.8, 4) is 0 Å². The van der Waals surface area contributed by atoms with Crippen LogP contribution >= 0.6 is 0 Å². The lowest BCUT2D eigenvalue weighted by Gasteiger charge is -2.47. The summed E-state index contributed by atoms with van der Waals surface area (Å²) in [5.74, 6) is 0.163. The van der Waals surface area contributed by atoms with Crippen LogP contribution in [-0.4, -0.2) is 17.2 Å². The zero-order valence-corrected chi connectivity index (χ0v) is 8.74. The molecule has 0 spiro atoms. The molecule has 1 rings (SSSR count). The van der Waals surface area contributed by atoms with Gasteiger partial charge >= 0.3 is 0 Å². The van der Waals surface area contributed by atoms with Crippen molar-refractivity contribution >= 4 is 0 Å². The summed E-state index contributed by atoms with van der Waals surface area (Å²) < 4.78 is 13.6. The Morgan fingerprint density at radius 3 is 2.17 bits per heavy atom. The van der Waals surface area contributed by atoms with Crippen LogP contribution in [0.5, 0.6) is 0 Å². The Labute approximate surface area is 74.7 Å². The third-order valence-corrected chi connectivity index (χ3v) is 2.68. The Morgan fingerprint density at radius 1 is 1.25 bits per heavy atom. The zero-order chi connectivity index (χ0) is 9.57. The average molecular weight is 173 g/mol. The van der Waals surface area contributed by atoms with Gasteiger partial charge in [0.1, 0.15) is 6.17 Å². The minimum absolute atomic E-state index is 0.0749. The van der Waals surface area contributed by atoms with Gasteiger partial charge < -0.3 is 5.32 Å². The summed E-state index contributed by atoms with van der Waals surface area (Å²) in [6.07, 6.45) is 0.183. The van der Waals surface area contributed by atoms with Gasteiger partial charge in [-0.3, -0.25) is 0 Å². The maximum Gasteiger partial charge on any atom is 0.120 e. The molecule has 0 radical (unpaired) electrons. The lowest BCUT2D eigenvalue weighted by molar-refractivity contribution is 0.0321. The number of piperidine rings is 1. The predicted octanol–water partition coefficient (Wildman–Crippen LogP) is 2.51. The third-order valence-electron chi connectivity index (χ3n) is 2.68. The number of hydrogen-bond donors (Lipinski definition) is 1. The van der Waals surface area contributed by atoms with E-state index >= 15 is 0 Å². The number of rotatable bonds is 0. The normalized spacial score (nSPS) is 39.5. The van der Waals surface area contributed by atoms with Crippen LogP contribution in [0.15, 0.2) is 0 Å². The molecule has 1 nitrogen and oxygen atoms in total. The summed E-state index contributed by atoms with van der Waals surface area (Å²) in [5, 5.41) is 3.34. The molecule has 0 aromatic rings. The van der Waals surface area contributed by atoms with E-state index < -0.39 is 6.17 Å². The number of alkyl halides is 1. The van der Waals surface area contributed by atoms with E-state index in [1.54, 1.807) is 0 Å². The first kappa shape index (κ1) is 9.97. The fraction of sp³-hybridized carbons (Fsp3) is 1.00. The molecular formula is C10H20FN. The topological polar surface area (TPSA) is 12.0 Å². The van der Waals surface area contributed by atoms with Crippen molar-refractivity contribution in [3.05, 3.63) is 0 Å². The van der Waals surface area contributed by atoms with E-state index in [1.165, 1.54) is 0 Å². The molecule has 0 aliphatic carbocycles. The second-order valence-corrected chi connectivity index (χ2v) is 5.31. The first-order chi connectivity index (χ1) is 5.25. The van der Waals surface area contributed by atoms with Gasteiger partial charge in [-0.2, -0.15) is 0 Å². The summed E-state index contributed by atoms with van der Waals surface area (Å²) in [4.78, 5) is 0. The minimum atomic E-state index is -0.731. The Balaban J connectivity index is 2.80. The SMILES string of the molecule is C[C@@H]1CC(C)(C)NC(C)(C)[C@@H]1F. The van der Waals surface area contributed by atoms with Crippen LogP contribution in [0.25, 0.3) is 0 Å². The molecule has 72 valence electrons. The first-order valence-corrected chi connectivity index (χ1v) is 4.68. The van der Waals surface area contributed by atoms with Gasteiger partial charge in [-0.1, -0.05) is 6.92 Å². The van der Waals surface area contributed by atoms with Crippen LogP contribution in [0.1, 0.15) is 41.0 Å². The predicted molar refractivity (Wildman–Crippen MR) is 50.0 cm³/mol. The summed E-state index contributed by atoms with van der Waals surface area (Å²) in [5.41, 5.74) is -0.299. The molecule has 1 fully saturated rings. The summed E-state index contributed by atoms with van der Waals surface area (Å²) >= 11 is 0. The van der Waals surface area contributed by atoms with Crippen molar-refractivity contribution in [1.29, 1.82) is 0 Å². The van der Waals surface area contributed by atoms with Crippen molar-refractivity contribution in [3.63, 3.8) is 0 Å². The van der Waals surface area contributed by atoms with Crippen LogP contribution in [0.2, 0.25) is 0 Å². The monoisotopic (exact) mass is 173 g/mol. The number of halogens is 1. The lowest BCUT2D eigenvalue weighted by Crippen LogP contribution is -2.63. The second kappa shape index (κ2) is 2.69.